The number of imide groups is 2. The summed E-state index contributed by atoms with van der Waals surface area (Å²) >= 11 is 24.2. The lowest BCUT2D eigenvalue weighted by Gasteiger charge is -2.15. The van der Waals surface area contributed by atoms with Crippen LogP contribution in [0.25, 0.3) is 0 Å². The van der Waals surface area contributed by atoms with Gasteiger partial charge in [-0.15, -0.1) is 0 Å². The minimum atomic E-state index is -0.724. The zero-order valence-corrected chi connectivity index (χ0v) is 29.2. The van der Waals surface area contributed by atoms with Crippen molar-refractivity contribution in [2.45, 2.75) is 26.9 Å². The SMILES string of the molecule is CCOC(=O)c1cc(Cl)c(Cl)c(CN2C(=O)c3ccccc3C2=O)n1.CCOC(=O)c1nc(CN2C(=O)c3ccccc3C2=O)cc(Cl)c1Cl. The average molecular weight is 758 g/mol. The van der Waals surface area contributed by atoms with Gasteiger partial charge >= 0.3 is 11.9 Å². The Kier molecular flexibility index (Phi) is 11.2. The highest BCUT2D eigenvalue weighted by Crippen LogP contribution is 2.31. The Balaban J connectivity index is 0.000000194. The van der Waals surface area contributed by atoms with Crippen molar-refractivity contribution in [1.29, 1.82) is 0 Å². The fourth-order valence-electron chi connectivity index (χ4n) is 5.00. The van der Waals surface area contributed by atoms with Gasteiger partial charge in [-0.3, -0.25) is 29.0 Å². The van der Waals surface area contributed by atoms with Crippen LogP contribution in [-0.4, -0.2) is 68.5 Å². The monoisotopic (exact) mass is 756 g/mol. The van der Waals surface area contributed by atoms with Crippen LogP contribution in [0.4, 0.5) is 0 Å². The number of hydrogen-bond acceptors (Lipinski definition) is 10. The van der Waals surface area contributed by atoms with E-state index >= 15 is 0 Å². The lowest BCUT2D eigenvalue weighted by molar-refractivity contribution is 0.0509. The second-order valence-corrected chi connectivity index (χ2v) is 12.0. The summed E-state index contributed by atoms with van der Waals surface area (Å²) in [6.45, 7) is 3.31. The van der Waals surface area contributed by atoms with Crippen molar-refractivity contribution in [1.82, 2.24) is 19.8 Å². The first-order chi connectivity index (χ1) is 23.9. The van der Waals surface area contributed by atoms with Gasteiger partial charge in [-0.2, -0.15) is 0 Å². The topological polar surface area (TPSA) is 153 Å². The second kappa shape index (κ2) is 15.3. The number of benzene rings is 2. The second-order valence-electron chi connectivity index (χ2n) is 10.4. The molecule has 0 spiro atoms. The van der Waals surface area contributed by atoms with E-state index in [-0.39, 0.29) is 69.2 Å². The minimum absolute atomic E-state index is 0.0359. The van der Waals surface area contributed by atoms with E-state index in [1.165, 1.54) is 12.1 Å². The first kappa shape index (κ1) is 36.4. The molecule has 0 bridgehead atoms. The van der Waals surface area contributed by atoms with Crippen LogP contribution in [0.2, 0.25) is 20.1 Å². The van der Waals surface area contributed by atoms with Crippen LogP contribution in [-0.2, 0) is 22.6 Å². The number of rotatable bonds is 8. The van der Waals surface area contributed by atoms with Crippen molar-refractivity contribution >= 4 is 82.0 Å². The van der Waals surface area contributed by atoms with Gasteiger partial charge in [0.25, 0.3) is 23.6 Å². The van der Waals surface area contributed by atoms with Gasteiger partial charge in [0.05, 0.1) is 80.0 Å². The summed E-state index contributed by atoms with van der Waals surface area (Å²) in [6.07, 6.45) is 0. The van der Waals surface area contributed by atoms with Crippen molar-refractivity contribution in [2.24, 2.45) is 0 Å². The molecule has 2 aliphatic rings. The largest absolute Gasteiger partial charge is 0.461 e. The van der Waals surface area contributed by atoms with Gasteiger partial charge in [0.1, 0.15) is 5.69 Å². The van der Waals surface area contributed by atoms with E-state index in [0.29, 0.717) is 22.3 Å². The number of carbonyl (C=O) groups excluding carboxylic acids is 6. The highest BCUT2D eigenvalue weighted by molar-refractivity contribution is 6.43. The Morgan fingerprint density at radius 1 is 0.620 bits per heavy atom. The lowest BCUT2D eigenvalue weighted by Crippen LogP contribution is -2.30. The molecule has 0 radical (unpaired) electrons. The zero-order valence-electron chi connectivity index (χ0n) is 26.2. The van der Waals surface area contributed by atoms with Crippen LogP contribution < -0.4 is 0 Å². The Morgan fingerprint density at radius 3 is 1.54 bits per heavy atom. The summed E-state index contributed by atoms with van der Waals surface area (Å²) in [5, 5.41) is 0.218. The highest BCUT2D eigenvalue weighted by atomic mass is 35.5. The van der Waals surface area contributed by atoms with Crippen LogP contribution in [0, 0.1) is 0 Å². The molecule has 6 rings (SSSR count). The molecule has 0 aliphatic carbocycles. The van der Waals surface area contributed by atoms with E-state index in [4.69, 9.17) is 55.9 Å². The van der Waals surface area contributed by atoms with Gasteiger partial charge in [-0.1, -0.05) is 70.7 Å². The minimum Gasteiger partial charge on any atom is -0.461 e. The number of aromatic nitrogens is 2. The van der Waals surface area contributed by atoms with Crippen LogP contribution in [0.5, 0.6) is 0 Å². The summed E-state index contributed by atoms with van der Waals surface area (Å²) in [7, 11) is 0. The Hall–Kier alpha value is -4.88. The molecule has 2 aromatic heterocycles. The van der Waals surface area contributed by atoms with Gasteiger partial charge in [0.2, 0.25) is 0 Å². The third-order valence-electron chi connectivity index (χ3n) is 7.29. The van der Waals surface area contributed by atoms with E-state index in [2.05, 4.69) is 9.97 Å². The van der Waals surface area contributed by atoms with Crippen LogP contribution in [0.3, 0.4) is 0 Å². The Bertz CT molecular complexity index is 2020. The number of pyridine rings is 2. The summed E-state index contributed by atoms with van der Waals surface area (Å²) in [6, 6.07) is 15.7. The number of carbonyl (C=O) groups is 6. The predicted octanol–water partition coefficient (Wildman–Crippen LogP) is 6.72. The quantitative estimate of drug-likeness (QED) is 0.140. The standard InChI is InChI=1S/2C17H12Cl2N2O4/c1-2-25-17(24)14-13(19)12(18)7-9(20-14)8-21-15(22)10-5-3-4-6-11(10)16(21)23;1-2-25-17(24)12-7-11(18)14(19)13(20-12)8-21-15(22)9-5-3-4-6-10(9)16(21)23/h2*3-7H,2,8H2,1H3. The van der Waals surface area contributed by atoms with Crippen LogP contribution in [0.1, 0.15) is 87.6 Å². The molecule has 0 N–H and O–H groups in total. The Labute approximate surface area is 304 Å². The summed E-state index contributed by atoms with van der Waals surface area (Å²) in [5.41, 5.74) is 1.51. The normalized spacial score (nSPS) is 13.2. The average Bonchev–Trinajstić information content (AvgIpc) is 3.49. The number of esters is 2. The first-order valence-corrected chi connectivity index (χ1v) is 16.3. The molecule has 12 nitrogen and oxygen atoms in total. The van der Waals surface area contributed by atoms with Gasteiger partial charge in [0.15, 0.2) is 5.69 Å². The summed E-state index contributed by atoms with van der Waals surface area (Å²) < 4.78 is 9.78. The van der Waals surface area contributed by atoms with E-state index < -0.39 is 35.6 Å². The van der Waals surface area contributed by atoms with E-state index in [1.54, 1.807) is 62.4 Å². The molecule has 4 heterocycles. The molecule has 0 unspecified atom stereocenters. The molecular weight excluding hydrogens is 734 g/mol. The predicted molar refractivity (Wildman–Crippen MR) is 182 cm³/mol. The molecule has 0 fully saturated rings. The maximum Gasteiger partial charge on any atom is 0.358 e. The molecule has 50 heavy (non-hydrogen) atoms. The third kappa shape index (κ3) is 7.19. The first-order valence-electron chi connectivity index (χ1n) is 14.8. The third-order valence-corrected chi connectivity index (χ3v) is 8.88. The molecular formula is C34H24Cl4N4O8. The van der Waals surface area contributed by atoms with Crippen molar-refractivity contribution < 1.29 is 38.2 Å². The molecule has 0 saturated heterocycles. The number of ether oxygens (including phenoxy) is 2. The lowest BCUT2D eigenvalue weighted by atomic mass is 10.1. The van der Waals surface area contributed by atoms with Gasteiger partial charge < -0.3 is 9.47 Å². The molecule has 16 heteroatoms. The van der Waals surface area contributed by atoms with Crippen molar-refractivity contribution in [3.05, 3.63) is 126 Å². The molecule has 0 saturated carbocycles. The Morgan fingerprint density at radius 2 is 1.06 bits per heavy atom. The highest BCUT2D eigenvalue weighted by Gasteiger charge is 2.37. The molecule has 4 aromatic rings. The number of fused-ring (bicyclic) bond motifs is 2. The van der Waals surface area contributed by atoms with E-state index in [1.807, 2.05) is 0 Å². The van der Waals surface area contributed by atoms with E-state index in [0.717, 1.165) is 9.80 Å². The molecule has 0 atom stereocenters. The molecule has 2 aliphatic heterocycles. The maximum atomic E-state index is 12.4. The van der Waals surface area contributed by atoms with Crippen LogP contribution in [0.15, 0.2) is 60.7 Å². The number of halogens is 4. The zero-order chi connectivity index (χ0) is 36.3. The fraction of sp³-hybridized carbons (Fsp3) is 0.176. The van der Waals surface area contributed by atoms with Gasteiger partial charge in [-0.25, -0.2) is 19.6 Å². The number of hydrogen-bond donors (Lipinski definition) is 0. The van der Waals surface area contributed by atoms with E-state index in [9.17, 15) is 28.8 Å². The molecule has 2 aromatic carbocycles. The molecule has 4 amide bonds. The van der Waals surface area contributed by atoms with Crippen LogP contribution >= 0.6 is 46.4 Å². The van der Waals surface area contributed by atoms with Crippen molar-refractivity contribution in [3.63, 3.8) is 0 Å². The fourth-order valence-corrected chi connectivity index (χ4v) is 5.76. The number of amides is 4. The summed E-state index contributed by atoms with van der Waals surface area (Å²) in [4.78, 5) is 83.8. The molecule has 256 valence electrons. The van der Waals surface area contributed by atoms with Crippen molar-refractivity contribution in [2.75, 3.05) is 13.2 Å². The smallest absolute Gasteiger partial charge is 0.358 e. The number of nitrogens with zero attached hydrogens (tertiary/aromatic N) is 4. The maximum absolute atomic E-state index is 12.4. The van der Waals surface area contributed by atoms with Crippen molar-refractivity contribution in [3.8, 4) is 0 Å². The summed E-state index contributed by atoms with van der Waals surface area (Å²) in [5.74, 6) is -3.13. The van der Waals surface area contributed by atoms with Gasteiger partial charge in [0, 0.05) is 0 Å². The van der Waals surface area contributed by atoms with Gasteiger partial charge in [-0.05, 0) is 50.2 Å².